The molecule has 0 saturated heterocycles. The Kier molecular flexibility index (Phi) is 5.47. The molecular weight excluding hydrogens is 246 g/mol. The van der Waals surface area contributed by atoms with Gasteiger partial charge in [-0.25, -0.2) is 0 Å². The molecule has 0 amide bonds. The summed E-state index contributed by atoms with van der Waals surface area (Å²) in [5.74, 6) is 1.52. The van der Waals surface area contributed by atoms with Crippen molar-refractivity contribution in [1.29, 1.82) is 5.26 Å². The van der Waals surface area contributed by atoms with Crippen LogP contribution in [0.15, 0.2) is 24.3 Å². The number of ether oxygens (including phenoxy) is 1. The van der Waals surface area contributed by atoms with E-state index in [0.717, 1.165) is 31.4 Å². The standard InChI is InChI=1S/C18H25NO/c1-3-14(2)16-10-7-8-12-18(16)20-17-11-6-4-5-9-15(17)13-19/h7-8,10,12,14-15,17H,3-6,9,11H2,1-2H3. The van der Waals surface area contributed by atoms with Crippen LogP contribution in [-0.2, 0) is 0 Å². The fourth-order valence-electron chi connectivity index (χ4n) is 2.94. The number of nitrogens with zero attached hydrogens (tertiary/aromatic N) is 1. The van der Waals surface area contributed by atoms with Crippen LogP contribution in [0.2, 0.25) is 0 Å². The van der Waals surface area contributed by atoms with E-state index in [4.69, 9.17) is 4.74 Å². The summed E-state index contributed by atoms with van der Waals surface area (Å²) < 4.78 is 6.27. The fourth-order valence-corrected chi connectivity index (χ4v) is 2.94. The third-order valence-corrected chi connectivity index (χ3v) is 4.46. The van der Waals surface area contributed by atoms with Crippen LogP contribution in [-0.4, -0.2) is 6.10 Å². The van der Waals surface area contributed by atoms with Crippen LogP contribution in [0, 0.1) is 17.2 Å². The maximum absolute atomic E-state index is 9.36. The minimum atomic E-state index is 0.0440. The molecule has 0 heterocycles. The lowest BCUT2D eigenvalue weighted by Gasteiger charge is -2.24. The van der Waals surface area contributed by atoms with Crippen molar-refractivity contribution < 1.29 is 4.74 Å². The molecule has 2 heteroatoms. The molecule has 3 unspecified atom stereocenters. The van der Waals surface area contributed by atoms with E-state index in [1.807, 2.05) is 6.07 Å². The van der Waals surface area contributed by atoms with Crippen LogP contribution in [0.1, 0.15) is 63.9 Å². The molecule has 0 spiro atoms. The smallest absolute Gasteiger partial charge is 0.123 e. The van der Waals surface area contributed by atoms with Gasteiger partial charge in [-0.15, -0.1) is 0 Å². The first kappa shape index (κ1) is 14.9. The van der Waals surface area contributed by atoms with Gasteiger partial charge in [-0.3, -0.25) is 0 Å². The molecule has 1 aromatic rings. The van der Waals surface area contributed by atoms with E-state index < -0.39 is 0 Å². The average Bonchev–Trinajstić information content (AvgIpc) is 2.72. The van der Waals surface area contributed by atoms with E-state index in [-0.39, 0.29) is 12.0 Å². The van der Waals surface area contributed by atoms with E-state index in [0.29, 0.717) is 5.92 Å². The Morgan fingerprint density at radius 2 is 2.00 bits per heavy atom. The molecule has 1 aliphatic carbocycles. The largest absolute Gasteiger partial charge is 0.489 e. The summed E-state index contributed by atoms with van der Waals surface area (Å²) in [6.45, 7) is 4.43. The van der Waals surface area contributed by atoms with Gasteiger partial charge in [0.1, 0.15) is 11.9 Å². The number of hydrogen-bond donors (Lipinski definition) is 0. The van der Waals surface area contributed by atoms with Crippen LogP contribution in [0.3, 0.4) is 0 Å². The summed E-state index contributed by atoms with van der Waals surface area (Å²) in [7, 11) is 0. The highest BCUT2D eigenvalue weighted by atomic mass is 16.5. The van der Waals surface area contributed by atoms with E-state index in [1.165, 1.54) is 18.4 Å². The maximum atomic E-state index is 9.36. The Morgan fingerprint density at radius 3 is 2.75 bits per heavy atom. The highest BCUT2D eigenvalue weighted by molar-refractivity contribution is 5.36. The monoisotopic (exact) mass is 271 g/mol. The summed E-state index contributed by atoms with van der Waals surface area (Å²) >= 11 is 0. The molecule has 20 heavy (non-hydrogen) atoms. The molecule has 2 nitrogen and oxygen atoms in total. The Labute approximate surface area is 122 Å². The van der Waals surface area contributed by atoms with Crippen molar-refractivity contribution >= 4 is 0 Å². The fraction of sp³-hybridized carbons (Fsp3) is 0.611. The Bertz CT molecular complexity index is 463. The third-order valence-electron chi connectivity index (χ3n) is 4.46. The van der Waals surface area contributed by atoms with Gasteiger partial charge in [0.2, 0.25) is 0 Å². The molecule has 0 N–H and O–H groups in total. The molecule has 1 aliphatic rings. The molecule has 1 saturated carbocycles. The summed E-state index contributed by atoms with van der Waals surface area (Å²) in [6, 6.07) is 10.8. The van der Waals surface area contributed by atoms with E-state index in [9.17, 15) is 5.26 Å². The van der Waals surface area contributed by atoms with E-state index >= 15 is 0 Å². The first-order valence-electron chi connectivity index (χ1n) is 7.91. The molecule has 0 bridgehead atoms. The van der Waals surface area contributed by atoms with Crippen LogP contribution in [0.25, 0.3) is 0 Å². The Morgan fingerprint density at radius 1 is 1.25 bits per heavy atom. The first-order valence-corrected chi connectivity index (χ1v) is 7.91. The zero-order valence-electron chi connectivity index (χ0n) is 12.6. The van der Waals surface area contributed by atoms with Gasteiger partial charge < -0.3 is 4.74 Å². The lowest BCUT2D eigenvalue weighted by Crippen LogP contribution is -2.25. The number of nitriles is 1. The van der Waals surface area contributed by atoms with E-state index in [2.05, 4.69) is 38.1 Å². The van der Waals surface area contributed by atoms with Gasteiger partial charge in [0, 0.05) is 0 Å². The normalized spacial score (nSPS) is 24.4. The van der Waals surface area contributed by atoms with Crippen molar-refractivity contribution in [3.8, 4) is 11.8 Å². The molecule has 0 radical (unpaired) electrons. The highest BCUT2D eigenvalue weighted by Gasteiger charge is 2.26. The molecule has 0 aliphatic heterocycles. The molecule has 2 rings (SSSR count). The Balaban J connectivity index is 2.17. The minimum absolute atomic E-state index is 0.0440. The second-order valence-electron chi connectivity index (χ2n) is 5.88. The highest BCUT2D eigenvalue weighted by Crippen LogP contribution is 2.32. The topological polar surface area (TPSA) is 33.0 Å². The van der Waals surface area contributed by atoms with Gasteiger partial charge in [-0.1, -0.05) is 44.9 Å². The van der Waals surface area contributed by atoms with Crippen LogP contribution in [0.5, 0.6) is 5.75 Å². The van der Waals surface area contributed by atoms with Gasteiger partial charge in [-0.05, 0) is 43.2 Å². The minimum Gasteiger partial charge on any atom is -0.489 e. The first-order chi connectivity index (χ1) is 9.76. The molecule has 108 valence electrons. The molecular formula is C18H25NO. The summed E-state index contributed by atoms with van der Waals surface area (Å²) in [5, 5.41) is 9.36. The lowest BCUT2D eigenvalue weighted by atomic mass is 9.96. The van der Waals surface area contributed by atoms with Gasteiger partial charge in [0.15, 0.2) is 0 Å². The molecule has 1 aromatic carbocycles. The van der Waals surface area contributed by atoms with Crippen LogP contribution >= 0.6 is 0 Å². The van der Waals surface area contributed by atoms with Crippen molar-refractivity contribution in [3.05, 3.63) is 29.8 Å². The SMILES string of the molecule is CCC(C)c1ccccc1OC1CCCCCC1C#N. The predicted octanol–water partition coefficient (Wildman–Crippen LogP) is 5.05. The van der Waals surface area contributed by atoms with Gasteiger partial charge >= 0.3 is 0 Å². The number of para-hydroxylation sites is 1. The van der Waals surface area contributed by atoms with Crippen LogP contribution in [0.4, 0.5) is 0 Å². The number of hydrogen-bond acceptors (Lipinski definition) is 2. The second-order valence-corrected chi connectivity index (χ2v) is 5.88. The van der Waals surface area contributed by atoms with Crippen molar-refractivity contribution in [2.75, 3.05) is 0 Å². The summed E-state index contributed by atoms with van der Waals surface area (Å²) in [6.07, 6.45) is 6.71. The van der Waals surface area contributed by atoms with Gasteiger partial charge in [0.05, 0.1) is 12.0 Å². The summed E-state index contributed by atoms with van der Waals surface area (Å²) in [4.78, 5) is 0. The zero-order valence-corrected chi connectivity index (χ0v) is 12.6. The van der Waals surface area contributed by atoms with Crippen molar-refractivity contribution in [2.45, 2.75) is 64.4 Å². The van der Waals surface area contributed by atoms with Crippen molar-refractivity contribution in [1.82, 2.24) is 0 Å². The quantitative estimate of drug-likeness (QED) is 0.718. The van der Waals surface area contributed by atoms with Gasteiger partial charge in [0.25, 0.3) is 0 Å². The van der Waals surface area contributed by atoms with Gasteiger partial charge in [-0.2, -0.15) is 5.26 Å². The Hall–Kier alpha value is -1.49. The number of benzene rings is 1. The zero-order chi connectivity index (χ0) is 14.4. The molecule has 3 atom stereocenters. The average molecular weight is 271 g/mol. The number of rotatable bonds is 4. The lowest BCUT2D eigenvalue weighted by molar-refractivity contribution is 0.150. The third kappa shape index (κ3) is 3.54. The van der Waals surface area contributed by atoms with Crippen LogP contribution < -0.4 is 4.74 Å². The maximum Gasteiger partial charge on any atom is 0.123 e. The molecule has 0 aromatic heterocycles. The molecule has 1 fully saturated rings. The van der Waals surface area contributed by atoms with Crippen molar-refractivity contribution in [3.63, 3.8) is 0 Å². The van der Waals surface area contributed by atoms with E-state index in [1.54, 1.807) is 0 Å². The second kappa shape index (κ2) is 7.33. The summed E-state index contributed by atoms with van der Waals surface area (Å²) in [5.41, 5.74) is 1.27. The van der Waals surface area contributed by atoms with Crippen molar-refractivity contribution in [2.24, 2.45) is 5.92 Å². The predicted molar refractivity (Wildman–Crippen MR) is 81.8 cm³/mol.